The van der Waals surface area contributed by atoms with E-state index in [1.165, 1.54) is 5.57 Å². The van der Waals surface area contributed by atoms with Gasteiger partial charge in [0.25, 0.3) is 0 Å². The Hall–Kier alpha value is -0.800. The molecule has 0 aromatic rings. The van der Waals surface area contributed by atoms with Crippen LogP contribution in [-0.4, -0.2) is 71.1 Å². The molecule has 0 aromatic carbocycles. The van der Waals surface area contributed by atoms with Gasteiger partial charge in [-0.05, 0) is 45.8 Å². The van der Waals surface area contributed by atoms with E-state index in [9.17, 15) is 14.7 Å². The van der Waals surface area contributed by atoms with Crippen LogP contribution >= 0.6 is 23.4 Å². The molecule has 1 aliphatic heterocycles. The van der Waals surface area contributed by atoms with Crippen LogP contribution in [0, 0.1) is 5.92 Å². The molecule has 0 radical (unpaired) electrons. The number of amides is 2. The predicted octanol–water partition coefficient (Wildman–Crippen LogP) is 3.27. The summed E-state index contributed by atoms with van der Waals surface area (Å²) >= 11 is 7.11. The Balaban J connectivity index is 2.25. The van der Waals surface area contributed by atoms with Gasteiger partial charge in [-0.25, -0.2) is 4.79 Å². The third-order valence-electron chi connectivity index (χ3n) is 5.92. The lowest BCUT2D eigenvalue weighted by atomic mass is 9.66. The fourth-order valence-corrected chi connectivity index (χ4v) is 5.38. The van der Waals surface area contributed by atoms with E-state index in [1.807, 2.05) is 20.8 Å². The molecule has 2 amide bonds. The molecule has 6 atom stereocenters. The Bertz CT molecular complexity index is 657. The minimum absolute atomic E-state index is 0.0430. The van der Waals surface area contributed by atoms with Crippen LogP contribution in [0.4, 0.5) is 4.79 Å². The molecular formula is C21H34ClNO6S. The van der Waals surface area contributed by atoms with Gasteiger partial charge in [-0.2, -0.15) is 11.8 Å². The Morgan fingerprint density at radius 3 is 2.67 bits per heavy atom. The monoisotopic (exact) mass is 463 g/mol. The van der Waals surface area contributed by atoms with Crippen molar-refractivity contribution in [2.75, 3.05) is 24.5 Å². The van der Waals surface area contributed by atoms with E-state index in [-0.39, 0.29) is 17.9 Å². The van der Waals surface area contributed by atoms with E-state index in [0.29, 0.717) is 18.6 Å². The third kappa shape index (κ3) is 5.91. The van der Waals surface area contributed by atoms with Gasteiger partial charge < -0.3 is 19.3 Å². The molecule has 2 aliphatic rings. The second-order valence-electron chi connectivity index (χ2n) is 8.39. The molecule has 0 spiro atoms. The molecule has 0 aromatic heterocycles. The number of hydrogen-bond donors (Lipinski definition) is 2. The van der Waals surface area contributed by atoms with Crippen LogP contribution in [-0.2, 0) is 19.0 Å². The quantitative estimate of drug-likeness (QED) is 0.307. The van der Waals surface area contributed by atoms with Crippen LogP contribution < -0.4 is 5.32 Å². The molecule has 9 heteroatoms. The summed E-state index contributed by atoms with van der Waals surface area (Å²) in [4.78, 5) is 23.5. The van der Waals surface area contributed by atoms with E-state index in [1.54, 1.807) is 18.9 Å². The van der Waals surface area contributed by atoms with Crippen LogP contribution in [0.5, 0.6) is 0 Å². The molecule has 30 heavy (non-hydrogen) atoms. The largest absolute Gasteiger partial charge is 0.443 e. The van der Waals surface area contributed by atoms with Crippen LogP contribution in [0.15, 0.2) is 11.6 Å². The maximum absolute atomic E-state index is 12.1. The molecule has 0 bridgehead atoms. The molecule has 6 unspecified atom stereocenters. The summed E-state index contributed by atoms with van der Waals surface area (Å²) in [5, 5.41) is 13.7. The minimum Gasteiger partial charge on any atom is -0.443 e. The number of carbonyl (C=O) groups excluding carboxylic acids is 2. The highest BCUT2D eigenvalue weighted by molar-refractivity contribution is 7.99. The van der Waals surface area contributed by atoms with E-state index in [4.69, 9.17) is 25.8 Å². The number of carbonyl (C=O) groups is 2. The van der Waals surface area contributed by atoms with Crippen molar-refractivity contribution in [1.29, 1.82) is 0 Å². The molecule has 7 nitrogen and oxygen atoms in total. The maximum Gasteiger partial charge on any atom is 0.414 e. The van der Waals surface area contributed by atoms with Gasteiger partial charge in [0.1, 0.15) is 23.7 Å². The van der Waals surface area contributed by atoms with Crippen LogP contribution in [0.3, 0.4) is 0 Å². The normalized spacial score (nSPS) is 35.4. The maximum atomic E-state index is 12.1. The molecule has 1 saturated heterocycles. The summed E-state index contributed by atoms with van der Waals surface area (Å²) in [6, 6.07) is 0. The molecule has 172 valence electrons. The first-order valence-corrected chi connectivity index (χ1v) is 12.0. The zero-order valence-corrected chi connectivity index (χ0v) is 20.0. The van der Waals surface area contributed by atoms with E-state index in [0.717, 1.165) is 12.2 Å². The van der Waals surface area contributed by atoms with Gasteiger partial charge >= 0.3 is 6.09 Å². The first-order valence-electron chi connectivity index (χ1n) is 10.3. The highest BCUT2D eigenvalue weighted by atomic mass is 35.5. The lowest BCUT2D eigenvalue weighted by Gasteiger charge is -2.48. The topological polar surface area (TPSA) is 97.4 Å². The average Bonchev–Trinajstić information content (AvgIpc) is 3.36. The minimum atomic E-state index is -1.02. The first-order chi connectivity index (χ1) is 14.1. The number of alkyl halides is 1. The Morgan fingerprint density at radius 1 is 1.40 bits per heavy atom. The molecule has 2 N–H and O–H groups in total. The van der Waals surface area contributed by atoms with Crippen molar-refractivity contribution in [2.24, 2.45) is 5.92 Å². The van der Waals surface area contributed by atoms with Gasteiger partial charge in [0.2, 0.25) is 5.91 Å². The number of nitrogens with one attached hydrogen (secondary N) is 1. The molecule has 1 aliphatic carbocycles. The van der Waals surface area contributed by atoms with Crippen LogP contribution in [0.1, 0.15) is 47.0 Å². The summed E-state index contributed by atoms with van der Waals surface area (Å²) in [5.74, 6) is 0.0838. The Labute approximate surface area is 188 Å². The Morgan fingerprint density at radius 2 is 2.10 bits per heavy atom. The number of alkyl carbamates (subject to hydrolysis) is 1. The summed E-state index contributed by atoms with van der Waals surface area (Å²) in [6.45, 7) is 8.12. The van der Waals surface area contributed by atoms with Gasteiger partial charge in [0.15, 0.2) is 0 Å². The smallest absolute Gasteiger partial charge is 0.414 e. The van der Waals surface area contributed by atoms with E-state index in [2.05, 4.69) is 18.3 Å². The number of halogens is 1. The SMILES string of the molecule is CCSCC1(O)CCC(OC(=O)NC(=O)CCl)C(OC)C1C1(C)OC1CC=C(C)C. The van der Waals surface area contributed by atoms with Crippen molar-refractivity contribution in [3.63, 3.8) is 0 Å². The number of imide groups is 1. The second kappa shape index (κ2) is 10.7. The summed E-state index contributed by atoms with van der Waals surface area (Å²) in [7, 11) is 1.55. The summed E-state index contributed by atoms with van der Waals surface area (Å²) in [5.41, 5.74) is -0.406. The van der Waals surface area contributed by atoms with Crippen LogP contribution in [0.2, 0.25) is 0 Å². The van der Waals surface area contributed by atoms with Gasteiger partial charge in [0.05, 0.1) is 11.7 Å². The number of hydrogen-bond acceptors (Lipinski definition) is 7. The lowest BCUT2D eigenvalue weighted by molar-refractivity contribution is -0.170. The number of ether oxygens (including phenoxy) is 3. The van der Waals surface area contributed by atoms with Gasteiger partial charge in [0, 0.05) is 18.8 Å². The molecule has 2 rings (SSSR count). The highest BCUT2D eigenvalue weighted by Crippen LogP contribution is 2.55. The van der Waals surface area contributed by atoms with Crippen LogP contribution in [0.25, 0.3) is 0 Å². The standard InChI is InChI=1S/C21H34ClNO6S/c1-6-30-12-21(26)10-9-14(28-19(25)23-16(24)11-22)17(27-5)18(21)20(4)15(29-20)8-7-13(2)3/h7,14-15,17-18,26H,6,8-12H2,1-5H3,(H,23,24,25). The van der Waals surface area contributed by atoms with Gasteiger partial charge in [-0.3, -0.25) is 10.1 Å². The molecule has 1 heterocycles. The van der Waals surface area contributed by atoms with Crippen molar-refractivity contribution in [3.05, 3.63) is 11.6 Å². The third-order valence-corrected chi connectivity index (χ3v) is 7.28. The number of allylic oxidation sites excluding steroid dienone is 1. The summed E-state index contributed by atoms with van der Waals surface area (Å²) in [6.07, 6.45) is 1.66. The molecule has 1 saturated carbocycles. The number of rotatable bonds is 9. The van der Waals surface area contributed by atoms with Crippen molar-refractivity contribution in [1.82, 2.24) is 5.32 Å². The van der Waals surface area contributed by atoms with Crippen molar-refractivity contribution in [3.8, 4) is 0 Å². The van der Waals surface area contributed by atoms with Crippen molar-refractivity contribution < 1.29 is 28.9 Å². The fourth-order valence-electron chi connectivity index (χ4n) is 4.43. The van der Waals surface area contributed by atoms with E-state index < -0.39 is 35.4 Å². The number of methoxy groups -OCH3 is 1. The predicted molar refractivity (Wildman–Crippen MR) is 118 cm³/mol. The van der Waals surface area contributed by atoms with Gasteiger partial charge in [-0.15, -0.1) is 11.6 Å². The fraction of sp³-hybridized carbons (Fsp3) is 0.810. The van der Waals surface area contributed by atoms with Crippen molar-refractivity contribution >= 4 is 35.4 Å². The lowest BCUT2D eigenvalue weighted by Crippen LogP contribution is -2.61. The summed E-state index contributed by atoms with van der Waals surface area (Å²) < 4.78 is 17.4. The highest BCUT2D eigenvalue weighted by Gasteiger charge is 2.67. The number of aliphatic hydroxyl groups is 1. The van der Waals surface area contributed by atoms with Gasteiger partial charge in [-0.1, -0.05) is 18.6 Å². The number of epoxide rings is 1. The number of thioether (sulfide) groups is 1. The zero-order valence-electron chi connectivity index (χ0n) is 18.4. The average molecular weight is 464 g/mol. The molecular weight excluding hydrogens is 430 g/mol. The zero-order chi connectivity index (χ0) is 22.5. The Kier molecular flexibility index (Phi) is 9.06. The molecule has 2 fully saturated rings. The first kappa shape index (κ1) is 25.5. The van der Waals surface area contributed by atoms with E-state index >= 15 is 0 Å². The van der Waals surface area contributed by atoms with Crippen molar-refractivity contribution in [2.45, 2.75) is 76.5 Å². The second-order valence-corrected chi connectivity index (χ2v) is 9.93.